The van der Waals surface area contributed by atoms with Crippen LogP contribution in [0.2, 0.25) is 0 Å². The number of nitrogens with two attached hydrogens (primary N) is 1. The van der Waals surface area contributed by atoms with Crippen LogP contribution in [0.25, 0.3) is 0 Å². The molecule has 0 aromatic heterocycles. The molecule has 0 fully saturated rings. The number of hydrogen-bond acceptors (Lipinski definition) is 1. The second-order valence-electron chi connectivity index (χ2n) is 2.81. The van der Waals surface area contributed by atoms with Crippen molar-refractivity contribution < 1.29 is 32.7 Å². The average molecular weight is 266 g/mol. The van der Waals surface area contributed by atoms with Crippen LogP contribution in [0.15, 0.2) is 30.3 Å². The molecule has 0 amide bonds. The van der Waals surface area contributed by atoms with Gasteiger partial charge >= 0.3 is 0 Å². The van der Waals surface area contributed by atoms with Crippen molar-refractivity contribution in [3.05, 3.63) is 49.7 Å². The van der Waals surface area contributed by atoms with E-state index >= 15 is 0 Å². The molecule has 1 aromatic rings. The Morgan fingerprint density at radius 1 is 1.23 bits per heavy atom. The van der Waals surface area contributed by atoms with Crippen molar-refractivity contribution in [1.29, 1.82) is 0 Å². The van der Waals surface area contributed by atoms with E-state index in [1.165, 1.54) is 0 Å². The molecular weight excluding hydrogens is 255 g/mol. The second-order valence-corrected chi connectivity index (χ2v) is 3.25. The summed E-state index contributed by atoms with van der Waals surface area (Å²) in [5.74, 6) is 0. The maximum atomic E-state index is 5.51. The van der Waals surface area contributed by atoms with Crippen molar-refractivity contribution >= 4 is 17.2 Å². The Morgan fingerprint density at radius 2 is 1.69 bits per heavy atom. The van der Waals surface area contributed by atoms with Gasteiger partial charge < -0.3 is 19.6 Å². The summed E-state index contributed by atoms with van der Waals surface area (Å²) in [5, 5.41) is 0. The molecule has 13 heavy (non-hydrogen) atoms. The minimum atomic E-state index is -0.698. The number of thiocarbonyl (C=S) groups is 1. The van der Waals surface area contributed by atoms with E-state index in [1.807, 2.05) is 30.3 Å². The fraction of sp³-hybridized carbons (Fsp3) is 0.100. The monoisotopic (exact) mass is 266 g/mol. The van der Waals surface area contributed by atoms with Crippen molar-refractivity contribution in [2.24, 2.45) is 5.73 Å². The fourth-order valence-corrected chi connectivity index (χ4v) is 1.02. The molecule has 1 rings (SSSR count). The first kappa shape index (κ1) is 13.2. The summed E-state index contributed by atoms with van der Waals surface area (Å²) in [4.78, 5) is 0.314. The molecule has 0 atom stereocenters. The minimum absolute atomic E-state index is 0. The largest absolute Gasteiger partial charge is 0.397 e. The van der Waals surface area contributed by atoms with Crippen molar-refractivity contribution in [2.45, 2.75) is 5.41 Å². The summed E-state index contributed by atoms with van der Waals surface area (Å²) < 4.78 is 0. The predicted molar refractivity (Wildman–Crippen MR) is 55.6 cm³/mol. The molecule has 0 aliphatic carbocycles. The predicted octanol–water partition coefficient (Wildman–Crippen LogP) is 1.88. The quantitative estimate of drug-likeness (QED) is 0.653. The van der Waals surface area contributed by atoms with Gasteiger partial charge in [-0.25, -0.2) is 5.41 Å². The number of hydrogen-bond donors (Lipinski definition) is 1. The summed E-state index contributed by atoms with van der Waals surface area (Å²) >= 11 is 4.87. The van der Waals surface area contributed by atoms with Crippen LogP contribution in [0.5, 0.6) is 0 Å². The summed E-state index contributed by atoms with van der Waals surface area (Å²) in [5.41, 5.74) is 5.75. The third-order valence-corrected chi connectivity index (χ3v) is 2.19. The van der Waals surface area contributed by atoms with Crippen LogP contribution < -0.4 is 5.73 Å². The molecule has 0 aliphatic heterocycles. The average Bonchev–Trinajstić information content (AvgIpc) is 2.06. The molecule has 0 spiro atoms. The molecular formula is C10H11NSY-2. The van der Waals surface area contributed by atoms with Crippen molar-refractivity contribution in [3.8, 4) is 0 Å². The van der Waals surface area contributed by atoms with Gasteiger partial charge in [-0.1, -0.05) is 48.1 Å². The Balaban J connectivity index is 0.00000144. The third-order valence-electron chi connectivity index (χ3n) is 1.80. The van der Waals surface area contributed by atoms with Gasteiger partial charge in [0.25, 0.3) is 0 Å². The van der Waals surface area contributed by atoms with Crippen LogP contribution in [0.3, 0.4) is 0 Å². The maximum absolute atomic E-state index is 5.51. The van der Waals surface area contributed by atoms with Crippen LogP contribution in [-0.4, -0.2) is 4.99 Å². The Morgan fingerprint density at radius 3 is 2.08 bits per heavy atom. The third kappa shape index (κ3) is 3.12. The molecule has 0 aliphatic rings. The van der Waals surface area contributed by atoms with Gasteiger partial charge in [0, 0.05) is 37.7 Å². The summed E-state index contributed by atoms with van der Waals surface area (Å²) in [6.45, 7) is 7.72. The molecule has 0 unspecified atom stereocenters. The first-order valence-corrected chi connectivity index (χ1v) is 4.02. The van der Waals surface area contributed by atoms with E-state index in [2.05, 4.69) is 13.8 Å². The molecule has 1 nitrogen and oxygen atoms in total. The Labute approximate surface area is 110 Å². The molecule has 3 heteroatoms. The van der Waals surface area contributed by atoms with Crippen LogP contribution in [0, 0.1) is 13.8 Å². The summed E-state index contributed by atoms with van der Waals surface area (Å²) in [6.07, 6.45) is 0. The molecule has 0 saturated heterocycles. The van der Waals surface area contributed by atoms with E-state index in [9.17, 15) is 0 Å². The van der Waals surface area contributed by atoms with Crippen LogP contribution >= 0.6 is 12.2 Å². The number of rotatable bonds is 2. The molecule has 0 saturated carbocycles. The van der Waals surface area contributed by atoms with Crippen LogP contribution in [0.1, 0.15) is 5.56 Å². The molecule has 2 N–H and O–H groups in total. The van der Waals surface area contributed by atoms with Gasteiger partial charge in [0.05, 0.1) is 0 Å². The van der Waals surface area contributed by atoms with E-state index in [-0.39, 0.29) is 32.7 Å². The second kappa shape index (κ2) is 5.18. The van der Waals surface area contributed by atoms with E-state index in [0.29, 0.717) is 4.99 Å². The SMILES string of the molecule is [CH2-]C([CH2-])(C(N)=S)c1ccccc1.[Y]. The zero-order valence-corrected chi connectivity index (χ0v) is 11.0. The van der Waals surface area contributed by atoms with Gasteiger partial charge in [-0.15, -0.1) is 0 Å². The summed E-state index contributed by atoms with van der Waals surface area (Å²) in [7, 11) is 0. The molecule has 0 heterocycles. The number of benzene rings is 1. The van der Waals surface area contributed by atoms with Crippen molar-refractivity contribution in [2.75, 3.05) is 0 Å². The maximum Gasteiger partial charge on any atom is 0.0235 e. The smallest absolute Gasteiger partial charge is 0.0235 e. The van der Waals surface area contributed by atoms with Crippen LogP contribution in [-0.2, 0) is 38.1 Å². The van der Waals surface area contributed by atoms with Gasteiger partial charge in [0.2, 0.25) is 0 Å². The first-order valence-electron chi connectivity index (χ1n) is 3.61. The Kier molecular flexibility index (Phi) is 5.27. The van der Waals surface area contributed by atoms with E-state index in [0.717, 1.165) is 5.56 Å². The van der Waals surface area contributed by atoms with Crippen LogP contribution in [0.4, 0.5) is 0 Å². The molecule has 0 bridgehead atoms. The standard InChI is InChI=1S/C10H11NS.Y/c1-10(2,9(11)12)8-6-4-3-5-7-8;/h3-7H,1-2H2,(H2,11,12);/q-2;. The van der Waals surface area contributed by atoms with E-state index in [4.69, 9.17) is 18.0 Å². The summed E-state index contributed by atoms with van der Waals surface area (Å²) in [6, 6.07) is 9.59. The van der Waals surface area contributed by atoms with Crippen molar-refractivity contribution in [1.82, 2.24) is 0 Å². The van der Waals surface area contributed by atoms with Gasteiger partial charge in [-0.2, -0.15) is 0 Å². The molecule has 1 radical (unpaired) electrons. The van der Waals surface area contributed by atoms with Crippen molar-refractivity contribution in [3.63, 3.8) is 0 Å². The van der Waals surface area contributed by atoms with E-state index < -0.39 is 5.41 Å². The zero-order valence-electron chi connectivity index (χ0n) is 7.36. The minimum Gasteiger partial charge on any atom is -0.397 e. The molecule has 67 valence electrons. The first-order chi connectivity index (χ1) is 5.55. The Hall–Kier alpha value is 0.214. The van der Waals surface area contributed by atoms with E-state index in [1.54, 1.807) is 0 Å². The Bertz CT molecular complexity index is 282. The van der Waals surface area contributed by atoms with Gasteiger partial charge in [0.15, 0.2) is 0 Å². The molecule has 1 aromatic carbocycles. The fourth-order valence-electron chi connectivity index (χ4n) is 0.899. The van der Waals surface area contributed by atoms with Gasteiger partial charge in [-0.3, -0.25) is 0 Å². The van der Waals surface area contributed by atoms with Gasteiger partial charge in [0.1, 0.15) is 0 Å². The normalized spacial score (nSPS) is 10.3. The topological polar surface area (TPSA) is 26.0 Å². The zero-order chi connectivity index (χ0) is 9.19. The van der Waals surface area contributed by atoms with Gasteiger partial charge in [-0.05, 0) is 0 Å².